The molecule has 0 aromatic heterocycles. The number of aryl methyl sites for hydroxylation is 2. The fourth-order valence-corrected chi connectivity index (χ4v) is 1.94. The van der Waals surface area contributed by atoms with E-state index in [2.05, 4.69) is 10.9 Å². The molecule has 0 saturated carbocycles. The van der Waals surface area contributed by atoms with Gasteiger partial charge in [0.15, 0.2) is 6.10 Å². The topological polar surface area (TPSA) is 67.4 Å². The van der Waals surface area contributed by atoms with E-state index in [1.807, 2.05) is 44.2 Å². The number of carbonyl (C=O) groups is 2. The Bertz CT molecular complexity index is 696. The summed E-state index contributed by atoms with van der Waals surface area (Å²) in [7, 11) is 0. The van der Waals surface area contributed by atoms with Crippen LogP contribution >= 0.6 is 0 Å². The van der Waals surface area contributed by atoms with Gasteiger partial charge in [-0.05, 0) is 50.6 Å². The van der Waals surface area contributed by atoms with Gasteiger partial charge in [0.25, 0.3) is 11.8 Å². The molecule has 5 nitrogen and oxygen atoms in total. The molecule has 0 aliphatic rings. The predicted octanol–water partition coefficient (Wildman–Crippen LogP) is 2.53. The zero-order valence-corrected chi connectivity index (χ0v) is 13.4. The van der Waals surface area contributed by atoms with Crippen molar-refractivity contribution in [3.05, 3.63) is 65.2 Å². The highest BCUT2D eigenvalue weighted by Crippen LogP contribution is 2.14. The Hall–Kier alpha value is -2.82. The molecule has 2 aromatic carbocycles. The van der Waals surface area contributed by atoms with Crippen molar-refractivity contribution in [1.29, 1.82) is 0 Å². The van der Waals surface area contributed by atoms with E-state index in [0.29, 0.717) is 11.3 Å². The number of hydrogen-bond donors (Lipinski definition) is 2. The number of nitrogens with one attached hydrogen (secondary N) is 2. The summed E-state index contributed by atoms with van der Waals surface area (Å²) >= 11 is 0. The third kappa shape index (κ3) is 4.85. The first-order valence-corrected chi connectivity index (χ1v) is 7.36. The highest BCUT2D eigenvalue weighted by atomic mass is 16.5. The van der Waals surface area contributed by atoms with Crippen molar-refractivity contribution in [3.63, 3.8) is 0 Å². The lowest BCUT2D eigenvalue weighted by atomic mass is 10.1. The number of benzene rings is 2. The molecule has 0 bridgehead atoms. The lowest BCUT2D eigenvalue weighted by molar-refractivity contribution is -0.128. The van der Waals surface area contributed by atoms with Crippen molar-refractivity contribution in [2.75, 3.05) is 0 Å². The fraction of sp³-hybridized carbons (Fsp3) is 0.222. The molecule has 1 unspecified atom stereocenters. The number of ether oxygens (including phenoxy) is 1. The van der Waals surface area contributed by atoms with Crippen LogP contribution in [0.4, 0.5) is 0 Å². The van der Waals surface area contributed by atoms with Gasteiger partial charge in [0.2, 0.25) is 0 Å². The van der Waals surface area contributed by atoms with E-state index >= 15 is 0 Å². The van der Waals surface area contributed by atoms with Gasteiger partial charge in [0.1, 0.15) is 5.75 Å². The zero-order chi connectivity index (χ0) is 16.8. The first-order chi connectivity index (χ1) is 11.0. The minimum absolute atomic E-state index is 0.374. The minimum atomic E-state index is -0.727. The van der Waals surface area contributed by atoms with Crippen LogP contribution in [0.5, 0.6) is 5.75 Å². The molecule has 0 fully saturated rings. The van der Waals surface area contributed by atoms with Gasteiger partial charge < -0.3 is 4.74 Å². The van der Waals surface area contributed by atoms with Crippen molar-refractivity contribution in [3.8, 4) is 5.75 Å². The van der Waals surface area contributed by atoms with Gasteiger partial charge in [-0.2, -0.15) is 0 Å². The molecular weight excluding hydrogens is 292 g/mol. The lowest BCUT2D eigenvalue weighted by Crippen LogP contribution is -2.47. The lowest BCUT2D eigenvalue weighted by Gasteiger charge is -2.15. The molecule has 0 saturated heterocycles. The summed E-state index contributed by atoms with van der Waals surface area (Å²) in [6.07, 6.45) is -0.727. The monoisotopic (exact) mass is 312 g/mol. The zero-order valence-electron chi connectivity index (χ0n) is 13.4. The van der Waals surface area contributed by atoms with Crippen molar-refractivity contribution in [1.82, 2.24) is 10.9 Å². The van der Waals surface area contributed by atoms with Gasteiger partial charge in [-0.3, -0.25) is 20.4 Å². The highest BCUT2D eigenvalue weighted by molar-refractivity contribution is 5.95. The maximum absolute atomic E-state index is 12.0. The van der Waals surface area contributed by atoms with E-state index in [-0.39, 0.29) is 5.91 Å². The summed E-state index contributed by atoms with van der Waals surface area (Å²) in [5.74, 6) is -0.189. The Labute approximate surface area is 135 Å². The normalized spacial score (nSPS) is 11.4. The Morgan fingerprint density at radius 3 is 2.30 bits per heavy atom. The fourth-order valence-electron chi connectivity index (χ4n) is 1.94. The average molecular weight is 312 g/mol. The van der Waals surface area contributed by atoms with Crippen molar-refractivity contribution >= 4 is 11.8 Å². The van der Waals surface area contributed by atoms with Crippen molar-refractivity contribution in [2.45, 2.75) is 26.9 Å². The summed E-state index contributed by atoms with van der Waals surface area (Å²) in [4.78, 5) is 23.9. The third-order valence-electron chi connectivity index (χ3n) is 3.28. The first kappa shape index (κ1) is 16.5. The van der Waals surface area contributed by atoms with Crippen LogP contribution in [0.25, 0.3) is 0 Å². The van der Waals surface area contributed by atoms with E-state index in [9.17, 15) is 9.59 Å². The van der Waals surface area contributed by atoms with Crippen LogP contribution in [0.1, 0.15) is 28.4 Å². The number of rotatable bonds is 4. The van der Waals surface area contributed by atoms with Crippen LogP contribution in [0.2, 0.25) is 0 Å². The summed E-state index contributed by atoms with van der Waals surface area (Å²) in [6, 6.07) is 14.5. The summed E-state index contributed by atoms with van der Waals surface area (Å²) in [6.45, 7) is 5.50. The van der Waals surface area contributed by atoms with Crippen LogP contribution in [0.15, 0.2) is 48.5 Å². The first-order valence-electron chi connectivity index (χ1n) is 7.36. The molecule has 2 amide bonds. The Morgan fingerprint density at radius 1 is 0.957 bits per heavy atom. The minimum Gasteiger partial charge on any atom is -0.481 e. The largest absolute Gasteiger partial charge is 0.481 e. The molecular formula is C18H20N2O3. The molecule has 2 aromatic rings. The average Bonchev–Trinajstić information content (AvgIpc) is 2.53. The van der Waals surface area contributed by atoms with Gasteiger partial charge in [-0.25, -0.2) is 0 Å². The molecule has 5 heteroatoms. The molecule has 2 N–H and O–H groups in total. The SMILES string of the molecule is Cc1ccc(C(=O)NNC(=O)C(C)Oc2cccc(C)c2)cc1. The Morgan fingerprint density at radius 2 is 1.65 bits per heavy atom. The maximum Gasteiger partial charge on any atom is 0.279 e. The van der Waals surface area contributed by atoms with Gasteiger partial charge in [-0.15, -0.1) is 0 Å². The number of amides is 2. The second kappa shape index (κ2) is 7.45. The molecule has 120 valence electrons. The molecule has 0 spiro atoms. The van der Waals surface area contributed by atoms with Gasteiger partial charge in [-0.1, -0.05) is 29.8 Å². The third-order valence-corrected chi connectivity index (χ3v) is 3.28. The molecule has 0 heterocycles. The number of hydrogen-bond acceptors (Lipinski definition) is 3. The summed E-state index contributed by atoms with van der Waals surface area (Å²) in [5, 5.41) is 0. The molecule has 2 rings (SSSR count). The number of carbonyl (C=O) groups excluding carboxylic acids is 2. The molecule has 23 heavy (non-hydrogen) atoms. The van der Waals surface area contributed by atoms with Crippen LogP contribution in [-0.2, 0) is 4.79 Å². The summed E-state index contributed by atoms with van der Waals surface area (Å²) in [5.41, 5.74) is 7.32. The van der Waals surface area contributed by atoms with Crippen molar-refractivity contribution in [2.24, 2.45) is 0 Å². The van der Waals surface area contributed by atoms with E-state index < -0.39 is 12.0 Å². The standard InChI is InChI=1S/C18H20N2O3/c1-12-7-9-15(10-8-12)18(22)20-19-17(21)14(3)23-16-6-4-5-13(2)11-16/h4-11,14H,1-3H3,(H,19,21)(H,20,22). The van der Waals surface area contributed by atoms with Crippen LogP contribution in [0.3, 0.4) is 0 Å². The van der Waals surface area contributed by atoms with Crippen LogP contribution in [0, 0.1) is 13.8 Å². The smallest absolute Gasteiger partial charge is 0.279 e. The number of hydrazine groups is 1. The van der Waals surface area contributed by atoms with E-state index in [1.54, 1.807) is 25.1 Å². The molecule has 0 radical (unpaired) electrons. The van der Waals surface area contributed by atoms with E-state index in [0.717, 1.165) is 11.1 Å². The van der Waals surface area contributed by atoms with Crippen molar-refractivity contribution < 1.29 is 14.3 Å². The Kier molecular flexibility index (Phi) is 5.36. The molecule has 0 aliphatic heterocycles. The predicted molar refractivity (Wildman–Crippen MR) is 88.1 cm³/mol. The van der Waals surface area contributed by atoms with Gasteiger partial charge in [0.05, 0.1) is 0 Å². The van der Waals surface area contributed by atoms with Gasteiger partial charge >= 0.3 is 0 Å². The van der Waals surface area contributed by atoms with E-state index in [4.69, 9.17) is 4.74 Å². The molecule has 0 aliphatic carbocycles. The summed E-state index contributed by atoms with van der Waals surface area (Å²) < 4.78 is 5.55. The van der Waals surface area contributed by atoms with Crippen LogP contribution < -0.4 is 15.6 Å². The Balaban J connectivity index is 1.86. The second-order valence-electron chi connectivity index (χ2n) is 5.39. The van der Waals surface area contributed by atoms with Gasteiger partial charge in [0, 0.05) is 5.56 Å². The second-order valence-corrected chi connectivity index (χ2v) is 5.39. The van der Waals surface area contributed by atoms with E-state index in [1.165, 1.54) is 0 Å². The molecule has 1 atom stereocenters. The maximum atomic E-state index is 12.0. The highest BCUT2D eigenvalue weighted by Gasteiger charge is 2.15. The van der Waals surface area contributed by atoms with Crippen LogP contribution in [-0.4, -0.2) is 17.9 Å². The quantitative estimate of drug-likeness (QED) is 0.853.